The van der Waals surface area contributed by atoms with Crippen LogP contribution in [0.2, 0.25) is 10.0 Å². The molecule has 2 aromatic carbocycles. The molecule has 0 aliphatic carbocycles. The zero-order valence-electron chi connectivity index (χ0n) is 18.8. The lowest BCUT2D eigenvalue weighted by Gasteiger charge is -2.17. The van der Waals surface area contributed by atoms with Crippen LogP contribution in [-0.2, 0) is 27.0 Å². The van der Waals surface area contributed by atoms with Crippen molar-refractivity contribution >= 4 is 42.9 Å². The number of hydrogen-bond donors (Lipinski definition) is 4. The Morgan fingerprint density at radius 3 is 2.39 bits per heavy atom. The number of phosphoric ester groups is 1. The summed E-state index contributed by atoms with van der Waals surface area (Å²) in [5.41, 5.74) is 1.39. The molecule has 0 spiro atoms. The van der Waals surface area contributed by atoms with E-state index in [1.165, 1.54) is 24.3 Å². The molecule has 1 aromatic heterocycles. The fourth-order valence-electron chi connectivity index (χ4n) is 3.32. The normalized spacial score (nSPS) is 13.1. The Hall–Kier alpha value is -2.95. The van der Waals surface area contributed by atoms with Crippen LogP contribution in [0.1, 0.15) is 42.2 Å². The molecule has 2 atom stereocenters. The van der Waals surface area contributed by atoms with Gasteiger partial charge in [-0.3, -0.25) is 19.4 Å². The van der Waals surface area contributed by atoms with E-state index in [0.717, 1.165) is 5.56 Å². The summed E-state index contributed by atoms with van der Waals surface area (Å²) >= 11 is 11.9. The monoisotopic (exact) mass is 557 g/mol. The van der Waals surface area contributed by atoms with Crippen LogP contribution in [0.15, 0.2) is 47.0 Å². The molecule has 0 aliphatic heterocycles. The number of nitrogens with zero attached hydrogens (tertiary/aromatic N) is 2. The fraction of sp³-hybridized carbons (Fsp3) is 0.273. The Kier molecular flexibility index (Phi) is 9.10. The summed E-state index contributed by atoms with van der Waals surface area (Å²) in [4.78, 5) is 46.3. The number of aliphatic carboxylic acids is 1. The molecule has 0 saturated carbocycles. The molecule has 0 aliphatic rings. The minimum atomic E-state index is -4.71. The van der Waals surface area contributed by atoms with Gasteiger partial charge < -0.3 is 19.5 Å². The second-order valence-electron chi connectivity index (χ2n) is 7.93. The van der Waals surface area contributed by atoms with Gasteiger partial charge in [0.2, 0.25) is 11.8 Å². The fourth-order valence-corrected chi connectivity index (χ4v) is 4.03. The largest absolute Gasteiger partial charge is 0.524 e. The number of carbonyl (C=O) groups excluding carboxylic acids is 1. The number of phosphoric acid groups is 1. The molecule has 14 heteroatoms. The van der Waals surface area contributed by atoms with Gasteiger partial charge in [-0.05, 0) is 48.7 Å². The van der Waals surface area contributed by atoms with Gasteiger partial charge in [0.25, 0.3) is 0 Å². The number of carbonyl (C=O) groups is 2. The van der Waals surface area contributed by atoms with Crippen LogP contribution in [-0.4, -0.2) is 36.9 Å². The van der Waals surface area contributed by atoms with E-state index in [2.05, 4.69) is 20.0 Å². The van der Waals surface area contributed by atoms with E-state index in [1.807, 2.05) is 0 Å². The van der Waals surface area contributed by atoms with Crippen LogP contribution in [0.4, 0.5) is 0 Å². The first kappa shape index (κ1) is 27.6. The average Bonchev–Trinajstić information content (AvgIpc) is 3.24. The summed E-state index contributed by atoms with van der Waals surface area (Å²) in [7, 11) is -4.71. The van der Waals surface area contributed by atoms with E-state index in [4.69, 9.17) is 37.5 Å². The smallest absolute Gasteiger partial charge is 0.481 e. The minimum absolute atomic E-state index is 0.0620. The Bertz CT molecular complexity index is 1280. The van der Waals surface area contributed by atoms with Crippen molar-refractivity contribution in [3.05, 3.63) is 75.4 Å². The maximum atomic E-state index is 12.9. The van der Waals surface area contributed by atoms with E-state index in [1.54, 1.807) is 25.1 Å². The zero-order valence-corrected chi connectivity index (χ0v) is 21.2. The zero-order chi connectivity index (χ0) is 26.5. The van der Waals surface area contributed by atoms with Crippen LogP contribution in [0.25, 0.3) is 0 Å². The molecule has 0 bridgehead atoms. The predicted octanol–water partition coefficient (Wildman–Crippen LogP) is 3.95. The Balaban J connectivity index is 1.64. The molecule has 0 saturated heterocycles. The summed E-state index contributed by atoms with van der Waals surface area (Å²) < 4.78 is 20.7. The molecule has 1 amide bonds. The molecule has 3 aromatic rings. The Morgan fingerprint density at radius 1 is 1.11 bits per heavy atom. The molecule has 1 heterocycles. The van der Waals surface area contributed by atoms with Gasteiger partial charge in [0.1, 0.15) is 11.8 Å². The molecule has 11 nitrogen and oxygen atoms in total. The summed E-state index contributed by atoms with van der Waals surface area (Å²) in [6, 6.07) is 10.0. The van der Waals surface area contributed by atoms with E-state index in [9.17, 15) is 19.3 Å². The molecule has 0 unspecified atom stereocenters. The van der Waals surface area contributed by atoms with Crippen molar-refractivity contribution in [1.29, 1.82) is 0 Å². The van der Waals surface area contributed by atoms with Crippen LogP contribution < -0.4 is 9.84 Å². The van der Waals surface area contributed by atoms with Gasteiger partial charge in [-0.25, -0.2) is 4.57 Å². The third-order valence-corrected chi connectivity index (χ3v) is 6.17. The average molecular weight is 558 g/mol. The number of benzene rings is 2. The van der Waals surface area contributed by atoms with E-state index >= 15 is 0 Å². The van der Waals surface area contributed by atoms with Gasteiger partial charge in [0.05, 0.1) is 22.4 Å². The van der Waals surface area contributed by atoms with Crippen molar-refractivity contribution in [2.24, 2.45) is 5.92 Å². The molecule has 36 heavy (non-hydrogen) atoms. The number of carboxylic acid groups (broad SMARTS) is 1. The lowest BCUT2D eigenvalue weighted by atomic mass is 9.95. The first-order chi connectivity index (χ1) is 16.9. The summed E-state index contributed by atoms with van der Waals surface area (Å²) in [6.45, 7) is 1.63. The topological polar surface area (TPSA) is 172 Å². The maximum absolute atomic E-state index is 12.9. The van der Waals surface area contributed by atoms with E-state index in [-0.39, 0.29) is 18.1 Å². The van der Waals surface area contributed by atoms with Crippen LogP contribution in [0, 0.1) is 5.92 Å². The third-order valence-electron chi connectivity index (χ3n) is 4.98. The van der Waals surface area contributed by atoms with E-state index < -0.39 is 38.1 Å². The number of carboxylic acids is 1. The highest BCUT2D eigenvalue weighted by Gasteiger charge is 2.26. The molecule has 0 fully saturated rings. The number of rotatable bonds is 11. The van der Waals surface area contributed by atoms with Crippen molar-refractivity contribution in [2.75, 3.05) is 0 Å². The summed E-state index contributed by atoms with van der Waals surface area (Å²) in [5.74, 6) is -2.18. The van der Waals surface area contributed by atoms with Crippen molar-refractivity contribution in [2.45, 2.75) is 32.2 Å². The maximum Gasteiger partial charge on any atom is 0.524 e. The molecule has 192 valence electrons. The Morgan fingerprint density at radius 2 is 1.78 bits per heavy atom. The van der Waals surface area contributed by atoms with Gasteiger partial charge in [0, 0.05) is 6.42 Å². The van der Waals surface area contributed by atoms with Crippen LogP contribution in [0.5, 0.6) is 5.75 Å². The number of halogens is 2. The number of amides is 1. The van der Waals surface area contributed by atoms with Gasteiger partial charge >= 0.3 is 13.8 Å². The summed E-state index contributed by atoms with van der Waals surface area (Å²) in [5, 5.41) is 16.7. The van der Waals surface area contributed by atoms with Crippen molar-refractivity contribution in [3.8, 4) is 5.75 Å². The highest BCUT2D eigenvalue weighted by molar-refractivity contribution is 7.46. The minimum Gasteiger partial charge on any atom is -0.481 e. The summed E-state index contributed by atoms with van der Waals surface area (Å²) in [6.07, 6.45) is -0.0520. The second kappa shape index (κ2) is 11.9. The van der Waals surface area contributed by atoms with E-state index in [0.29, 0.717) is 27.9 Å². The number of hydrogen-bond acceptors (Lipinski definition) is 7. The standard InChI is InChI=1S/C22H22Cl2N3O8P/c1-12(22-26-19(27-34-22)10-14-4-7-17(23)18(24)9-14)25-21(30)15(11-20(28)29)8-13-2-5-16(6-3-13)35-36(31,32)33/h2-7,9,12,15H,8,10-11H2,1H3,(H,25,30)(H,28,29)(H2,31,32,33)/t12-,15-/m0/s1. The molecular formula is C22H22Cl2N3O8P. The lowest BCUT2D eigenvalue weighted by Crippen LogP contribution is -2.35. The molecule has 0 radical (unpaired) electrons. The lowest BCUT2D eigenvalue weighted by molar-refractivity contribution is -0.141. The predicted molar refractivity (Wildman–Crippen MR) is 129 cm³/mol. The number of aromatic nitrogens is 2. The van der Waals surface area contributed by atoms with Crippen LogP contribution >= 0.6 is 31.0 Å². The molecular weight excluding hydrogens is 536 g/mol. The van der Waals surface area contributed by atoms with Crippen LogP contribution in [0.3, 0.4) is 0 Å². The van der Waals surface area contributed by atoms with Gasteiger partial charge in [-0.15, -0.1) is 0 Å². The molecule has 3 rings (SSSR count). The SMILES string of the molecule is C[C@H](NC(=O)[C@H](CC(=O)O)Cc1ccc(OP(=O)(O)O)cc1)c1nc(Cc2ccc(Cl)c(Cl)c2)no1. The van der Waals surface area contributed by atoms with Crippen molar-refractivity contribution < 1.29 is 38.1 Å². The van der Waals surface area contributed by atoms with Gasteiger partial charge in [0.15, 0.2) is 5.82 Å². The van der Waals surface area contributed by atoms with Crippen molar-refractivity contribution in [1.82, 2.24) is 15.5 Å². The first-order valence-corrected chi connectivity index (χ1v) is 12.8. The highest BCUT2D eigenvalue weighted by Crippen LogP contribution is 2.37. The van der Waals surface area contributed by atoms with Gasteiger partial charge in [-0.1, -0.05) is 46.6 Å². The van der Waals surface area contributed by atoms with Gasteiger partial charge in [-0.2, -0.15) is 4.98 Å². The second-order valence-corrected chi connectivity index (χ2v) is 9.91. The van der Waals surface area contributed by atoms with Crippen molar-refractivity contribution in [3.63, 3.8) is 0 Å². The quantitative estimate of drug-likeness (QED) is 0.253. The molecule has 4 N–H and O–H groups in total. The third kappa shape index (κ3) is 8.32. The highest BCUT2D eigenvalue weighted by atomic mass is 35.5. The number of nitrogens with one attached hydrogen (secondary N) is 1. The Labute approximate surface area is 215 Å². The first-order valence-electron chi connectivity index (χ1n) is 10.5.